The number of hydrogen-bond donors (Lipinski definition) is 2. The molecule has 0 aliphatic carbocycles. The third kappa shape index (κ3) is 7.53. The third-order valence-corrected chi connectivity index (χ3v) is 5.67. The topological polar surface area (TPSA) is 75.3 Å². The molecule has 0 fully saturated rings. The molecule has 0 aromatic heterocycles. The summed E-state index contributed by atoms with van der Waals surface area (Å²) in [4.78, 5) is 11.9. The molecule has 0 aliphatic rings. The lowest BCUT2D eigenvalue weighted by Gasteiger charge is -2.10. The fourth-order valence-corrected chi connectivity index (χ4v) is 4.24. The van der Waals surface area contributed by atoms with Crippen molar-refractivity contribution in [2.45, 2.75) is 32.2 Å². The second-order valence-electron chi connectivity index (χ2n) is 6.57. The largest absolute Gasteiger partial charge is 0.348 e. The summed E-state index contributed by atoms with van der Waals surface area (Å²) in [6, 6.07) is 11.3. The molecule has 0 unspecified atom stereocenters. The highest BCUT2D eigenvalue weighted by atomic mass is 79.9. The van der Waals surface area contributed by atoms with E-state index in [1.165, 1.54) is 18.2 Å². The average molecular weight is 469 g/mol. The van der Waals surface area contributed by atoms with Crippen molar-refractivity contribution in [3.63, 3.8) is 0 Å². The monoisotopic (exact) mass is 468 g/mol. The maximum atomic E-state index is 13.6. The lowest BCUT2D eigenvalue weighted by atomic mass is 10.1. The Morgan fingerprint density at radius 1 is 1.14 bits per heavy atom. The van der Waals surface area contributed by atoms with Crippen LogP contribution in [0.1, 0.15) is 30.5 Å². The smallest absolute Gasteiger partial charge is 0.244 e. The van der Waals surface area contributed by atoms with E-state index in [2.05, 4.69) is 26.0 Å². The van der Waals surface area contributed by atoms with Crippen LogP contribution in [0.25, 0.3) is 6.08 Å². The Morgan fingerprint density at radius 2 is 1.79 bits per heavy atom. The zero-order valence-corrected chi connectivity index (χ0v) is 18.0. The summed E-state index contributed by atoms with van der Waals surface area (Å²) in [5.74, 6) is -0.865. The molecule has 0 heterocycles. The van der Waals surface area contributed by atoms with Gasteiger partial charge in [-0.1, -0.05) is 40.2 Å². The first-order valence-corrected chi connectivity index (χ1v) is 11.1. The van der Waals surface area contributed by atoms with Crippen LogP contribution in [-0.2, 0) is 27.1 Å². The van der Waals surface area contributed by atoms with Crippen LogP contribution in [0.15, 0.2) is 53.0 Å². The molecule has 0 bridgehead atoms. The van der Waals surface area contributed by atoms with Crippen LogP contribution >= 0.6 is 15.9 Å². The zero-order chi connectivity index (χ0) is 20.7. The molecule has 1 amide bonds. The summed E-state index contributed by atoms with van der Waals surface area (Å²) in [5, 5.41) is 2.71. The molecule has 28 heavy (non-hydrogen) atoms. The number of carbonyl (C=O) groups is 1. The Labute approximate surface area is 173 Å². The van der Waals surface area contributed by atoms with Crippen LogP contribution in [0, 0.1) is 5.82 Å². The highest BCUT2D eigenvalue weighted by Gasteiger charge is 2.12. The van der Waals surface area contributed by atoms with E-state index in [1.807, 2.05) is 0 Å². The van der Waals surface area contributed by atoms with E-state index in [-0.39, 0.29) is 24.2 Å². The van der Waals surface area contributed by atoms with Gasteiger partial charge in [-0.2, -0.15) is 0 Å². The van der Waals surface area contributed by atoms with Gasteiger partial charge in [-0.15, -0.1) is 0 Å². The number of benzene rings is 2. The number of carbonyl (C=O) groups excluding carboxylic acids is 1. The molecule has 2 aromatic rings. The Morgan fingerprint density at radius 3 is 2.43 bits per heavy atom. The quantitative estimate of drug-likeness (QED) is 0.579. The van der Waals surface area contributed by atoms with Gasteiger partial charge in [-0.25, -0.2) is 17.5 Å². The van der Waals surface area contributed by atoms with Gasteiger partial charge in [0.05, 0.1) is 5.75 Å². The zero-order valence-electron chi connectivity index (χ0n) is 15.6. The molecular weight excluding hydrogens is 447 g/mol. The molecule has 2 rings (SSSR count). The van der Waals surface area contributed by atoms with Gasteiger partial charge >= 0.3 is 0 Å². The number of rotatable bonds is 8. The average Bonchev–Trinajstić information content (AvgIpc) is 2.60. The second kappa shape index (κ2) is 9.95. The van der Waals surface area contributed by atoms with Crippen LogP contribution < -0.4 is 10.0 Å². The molecule has 0 spiro atoms. The van der Waals surface area contributed by atoms with Crippen molar-refractivity contribution in [1.29, 1.82) is 0 Å². The maximum absolute atomic E-state index is 13.6. The molecule has 0 radical (unpaired) electrons. The van der Waals surface area contributed by atoms with Crippen LogP contribution in [0.4, 0.5) is 4.39 Å². The third-order valence-electron chi connectivity index (χ3n) is 3.63. The van der Waals surface area contributed by atoms with E-state index in [4.69, 9.17) is 0 Å². The van der Waals surface area contributed by atoms with E-state index < -0.39 is 15.8 Å². The molecule has 2 N–H and O–H groups in total. The summed E-state index contributed by atoms with van der Waals surface area (Å²) >= 11 is 3.26. The fraction of sp³-hybridized carbons (Fsp3) is 0.250. The van der Waals surface area contributed by atoms with Crippen LogP contribution in [0.3, 0.4) is 0 Å². The fourth-order valence-electron chi connectivity index (χ4n) is 2.43. The van der Waals surface area contributed by atoms with Gasteiger partial charge in [-0.3, -0.25) is 4.79 Å². The molecule has 8 heteroatoms. The minimum atomic E-state index is -3.38. The first kappa shape index (κ1) is 22.3. The second-order valence-corrected chi connectivity index (χ2v) is 9.23. The summed E-state index contributed by atoms with van der Waals surface area (Å²) < 4.78 is 40.8. The Balaban J connectivity index is 1.90. The predicted molar refractivity (Wildman–Crippen MR) is 112 cm³/mol. The van der Waals surface area contributed by atoms with Gasteiger partial charge in [0, 0.05) is 28.7 Å². The number of halogens is 2. The van der Waals surface area contributed by atoms with E-state index in [0.717, 1.165) is 10.0 Å². The van der Waals surface area contributed by atoms with Crippen molar-refractivity contribution in [3.05, 3.63) is 75.5 Å². The minimum absolute atomic E-state index is 0.0985. The van der Waals surface area contributed by atoms with Gasteiger partial charge in [0.25, 0.3) is 0 Å². The lowest BCUT2D eigenvalue weighted by molar-refractivity contribution is -0.116. The van der Waals surface area contributed by atoms with Crippen LogP contribution in [0.2, 0.25) is 0 Å². The number of sulfonamides is 1. The summed E-state index contributed by atoms with van der Waals surface area (Å²) in [7, 11) is -3.38. The van der Waals surface area contributed by atoms with Crippen molar-refractivity contribution >= 4 is 37.9 Å². The number of nitrogens with one attached hydrogen (secondary N) is 2. The lowest BCUT2D eigenvalue weighted by Crippen LogP contribution is -2.31. The summed E-state index contributed by atoms with van der Waals surface area (Å²) in [5.41, 5.74) is 1.80. The van der Waals surface area contributed by atoms with Crippen LogP contribution in [-0.4, -0.2) is 20.4 Å². The molecule has 0 atom stereocenters. The first-order valence-electron chi connectivity index (χ1n) is 8.63. The van der Waals surface area contributed by atoms with Gasteiger partial charge in [0.15, 0.2) is 0 Å². The van der Waals surface area contributed by atoms with Crippen molar-refractivity contribution in [3.8, 4) is 0 Å². The molecule has 0 saturated carbocycles. The normalized spacial score (nSPS) is 11.9. The Bertz CT molecular complexity index is 958. The van der Waals surface area contributed by atoms with Crippen molar-refractivity contribution in [2.75, 3.05) is 0 Å². The summed E-state index contributed by atoms with van der Waals surface area (Å²) in [6.45, 7) is 3.81. The molecule has 5 nitrogen and oxygen atoms in total. The highest BCUT2D eigenvalue weighted by Crippen LogP contribution is 2.16. The predicted octanol–water partition coefficient (Wildman–Crippen LogP) is 3.75. The van der Waals surface area contributed by atoms with Crippen molar-refractivity contribution in [1.82, 2.24) is 10.0 Å². The van der Waals surface area contributed by atoms with E-state index >= 15 is 0 Å². The van der Waals surface area contributed by atoms with E-state index in [0.29, 0.717) is 11.1 Å². The maximum Gasteiger partial charge on any atom is 0.244 e. The van der Waals surface area contributed by atoms with Gasteiger partial charge in [-0.05, 0) is 49.2 Å². The Kier molecular flexibility index (Phi) is 7.91. The summed E-state index contributed by atoms with van der Waals surface area (Å²) in [6.07, 6.45) is 2.68. The minimum Gasteiger partial charge on any atom is -0.348 e. The molecule has 0 aliphatic heterocycles. The SMILES string of the molecule is CC(C)NS(=O)(=O)Cc1ccc(CNC(=O)/C=C/c2cc(Br)ccc2F)cc1. The van der Waals surface area contributed by atoms with Crippen molar-refractivity contribution in [2.24, 2.45) is 0 Å². The molecule has 150 valence electrons. The molecule has 0 saturated heterocycles. The van der Waals surface area contributed by atoms with Crippen LogP contribution in [0.5, 0.6) is 0 Å². The first-order chi connectivity index (χ1) is 13.1. The van der Waals surface area contributed by atoms with Crippen molar-refractivity contribution < 1.29 is 17.6 Å². The Hall–Kier alpha value is -2.03. The standard InChI is InChI=1S/C20H22BrFN2O3S/c1-14(2)24-28(26,27)13-16-5-3-15(4-6-16)12-23-20(25)10-7-17-11-18(21)8-9-19(17)22/h3-11,14,24H,12-13H2,1-2H3,(H,23,25)/b10-7+. The van der Waals surface area contributed by atoms with E-state index in [1.54, 1.807) is 50.2 Å². The highest BCUT2D eigenvalue weighted by molar-refractivity contribution is 9.10. The molecule has 2 aromatic carbocycles. The molecular formula is C20H22BrFN2O3S. The van der Waals surface area contributed by atoms with Gasteiger partial charge < -0.3 is 5.32 Å². The number of hydrogen-bond acceptors (Lipinski definition) is 3. The van der Waals surface area contributed by atoms with Gasteiger partial charge in [0.2, 0.25) is 15.9 Å². The van der Waals surface area contributed by atoms with E-state index in [9.17, 15) is 17.6 Å². The van der Waals surface area contributed by atoms with Gasteiger partial charge in [0.1, 0.15) is 5.82 Å². The number of amides is 1.